The Kier molecular flexibility index (Phi) is 4.99. The molecule has 0 aliphatic heterocycles. The monoisotopic (exact) mass is 353 g/mol. The molecule has 0 unspecified atom stereocenters. The summed E-state index contributed by atoms with van der Waals surface area (Å²) in [6.07, 6.45) is 0. The Bertz CT molecular complexity index is 669. The molecule has 20 heavy (non-hydrogen) atoms. The van der Waals surface area contributed by atoms with E-state index in [-0.39, 0.29) is 6.61 Å². The average Bonchev–Trinajstić information content (AvgIpc) is 2.46. The minimum Gasteiger partial charge on any atom is -0.489 e. The number of ether oxygens (including phenoxy) is 1. The van der Waals surface area contributed by atoms with E-state index in [9.17, 15) is 4.39 Å². The standard InChI is InChI=1S/C15H10BrClFNO/c16-13-2-4-15(11(5-13)7-17)20-9-12-6-14(18)3-1-10(12)8-19/h1-6H,7,9H2. The SMILES string of the molecule is N#Cc1ccc(F)cc1COc1ccc(Br)cc1CCl. The number of alkyl halides is 1. The number of halogens is 3. The predicted octanol–water partition coefficient (Wildman–Crippen LogP) is 4.78. The van der Waals surface area contributed by atoms with Crippen molar-refractivity contribution < 1.29 is 9.13 Å². The van der Waals surface area contributed by atoms with Crippen molar-refractivity contribution in [2.45, 2.75) is 12.5 Å². The summed E-state index contributed by atoms with van der Waals surface area (Å²) in [5.74, 6) is 0.538. The van der Waals surface area contributed by atoms with Crippen LogP contribution in [0.1, 0.15) is 16.7 Å². The maximum Gasteiger partial charge on any atom is 0.124 e. The molecule has 0 atom stereocenters. The zero-order valence-electron chi connectivity index (χ0n) is 10.4. The van der Waals surface area contributed by atoms with Crippen LogP contribution in [0.2, 0.25) is 0 Å². The minimum absolute atomic E-state index is 0.117. The molecule has 0 bridgehead atoms. The molecule has 5 heteroatoms. The Labute approximate surface area is 129 Å². The topological polar surface area (TPSA) is 33.0 Å². The quantitative estimate of drug-likeness (QED) is 0.740. The summed E-state index contributed by atoms with van der Waals surface area (Å²) in [6, 6.07) is 11.5. The predicted molar refractivity (Wildman–Crippen MR) is 79.1 cm³/mol. The van der Waals surface area contributed by atoms with Crippen LogP contribution in [0.4, 0.5) is 4.39 Å². The van der Waals surface area contributed by atoms with Crippen molar-refractivity contribution in [2.75, 3.05) is 0 Å². The zero-order valence-corrected chi connectivity index (χ0v) is 12.7. The normalized spacial score (nSPS) is 10.1. The Morgan fingerprint density at radius 1 is 1.20 bits per heavy atom. The van der Waals surface area contributed by atoms with Crippen LogP contribution in [0.5, 0.6) is 5.75 Å². The van der Waals surface area contributed by atoms with Crippen LogP contribution >= 0.6 is 27.5 Å². The van der Waals surface area contributed by atoms with E-state index in [0.29, 0.717) is 22.8 Å². The van der Waals surface area contributed by atoms with Crippen molar-refractivity contribution >= 4 is 27.5 Å². The molecular formula is C15H10BrClFNO. The van der Waals surface area contributed by atoms with E-state index in [2.05, 4.69) is 15.9 Å². The molecule has 0 aliphatic carbocycles. The molecule has 2 aromatic rings. The van der Waals surface area contributed by atoms with Crippen LogP contribution in [0.15, 0.2) is 40.9 Å². The molecule has 2 nitrogen and oxygen atoms in total. The zero-order chi connectivity index (χ0) is 14.5. The first kappa shape index (κ1) is 14.8. The van der Waals surface area contributed by atoms with Crippen molar-refractivity contribution in [3.63, 3.8) is 0 Å². The smallest absolute Gasteiger partial charge is 0.124 e. The van der Waals surface area contributed by atoms with Crippen LogP contribution in [0.3, 0.4) is 0 Å². The van der Waals surface area contributed by atoms with Gasteiger partial charge in [-0.1, -0.05) is 15.9 Å². The summed E-state index contributed by atoms with van der Waals surface area (Å²) in [5, 5.41) is 8.99. The van der Waals surface area contributed by atoms with Crippen LogP contribution in [0, 0.1) is 17.1 Å². The molecule has 0 aromatic heterocycles. The second kappa shape index (κ2) is 6.74. The van der Waals surface area contributed by atoms with Crippen LogP contribution < -0.4 is 4.74 Å². The fourth-order valence-corrected chi connectivity index (χ4v) is 2.36. The van der Waals surface area contributed by atoms with E-state index in [1.54, 1.807) is 6.07 Å². The number of nitriles is 1. The van der Waals surface area contributed by atoms with Gasteiger partial charge in [0.1, 0.15) is 18.2 Å². The summed E-state index contributed by atoms with van der Waals surface area (Å²) in [6.45, 7) is 0.117. The Hall–Kier alpha value is -1.57. The molecular weight excluding hydrogens is 345 g/mol. The van der Waals surface area contributed by atoms with E-state index in [1.807, 2.05) is 18.2 Å². The molecule has 0 aliphatic rings. The van der Waals surface area contributed by atoms with Gasteiger partial charge >= 0.3 is 0 Å². The highest BCUT2D eigenvalue weighted by molar-refractivity contribution is 9.10. The third kappa shape index (κ3) is 3.50. The van der Waals surface area contributed by atoms with Crippen molar-refractivity contribution in [1.29, 1.82) is 5.26 Å². The summed E-state index contributed by atoms with van der Waals surface area (Å²) in [5.41, 5.74) is 1.74. The van der Waals surface area contributed by atoms with Crippen molar-refractivity contribution in [1.82, 2.24) is 0 Å². The second-order valence-electron chi connectivity index (χ2n) is 4.09. The summed E-state index contributed by atoms with van der Waals surface area (Å²) >= 11 is 9.22. The van der Waals surface area contributed by atoms with E-state index < -0.39 is 5.82 Å². The lowest BCUT2D eigenvalue weighted by Gasteiger charge is -2.11. The minimum atomic E-state index is -0.393. The fourth-order valence-electron chi connectivity index (χ4n) is 1.74. The largest absolute Gasteiger partial charge is 0.489 e. The molecule has 0 N–H and O–H groups in total. The lowest BCUT2D eigenvalue weighted by Crippen LogP contribution is -2.01. The lowest BCUT2D eigenvalue weighted by molar-refractivity contribution is 0.303. The van der Waals surface area contributed by atoms with Gasteiger partial charge in [-0.25, -0.2) is 4.39 Å². The molecule has 2 aromatic carbocycles. The molecule has 102 valence electrons. The molecule has 2 rings (SSSR count). The van der Waals surface area contributed by atoms with E-state index in [4.69, 9.17) is 21.6 Å². The number of hydrogen-bond acceptors (Lipinski definition) is 2. The molecule has 0 fully saturated rings. The molecule has 0 saturated heterocycles. The highest BCUT2D eigenvalue weighted by Gasteiger charge is 2.08. The van der Waals surface area contributed by atoms with Crippen molar-refractivity contribution in [3.8, 4) is 11.8 Å². The van der Waals surface area contributed by atoms with Crippen LogP contribution in [-0.2, 0) is 12.5 Å². The third-order valence-electron chi connectivity index (χ3n) is 2.74. The fraction of sp³-hybridized carbons (Fsp3) is 0.133. The van der Waals surface area contributed by atoms with E-state index in [1.165, 1.54) is 18.2 Å². The summed E-state index contributed by atoms with van der Waals surface area (Å²) < 4.78 is 19.8. The van der Waals surface area contributed by atoms with E-state index >= 15 is 0 Å². The van der Waals surface area contributed by atoms with Gasteiger partial charge < -0.3 is 4.74 Å². The first-order chi connectivity index (χ1) is 9.63. The molecule has 0 saturated carbocycles. The molecule has 0 amide bonds. The first-order valence-electron chi connectivity index (χ1n) is 5.79. The summed E-state index contributed by atoms with van der Waals surface area (Å²) in [7, 11) is 0. The second-order valence-corrected chi connectivity index (χ2v) is 5.27. The summed E-state index contributed by atoms with van der Waals surface area (Å²) in [4.78, 5) is 0. The number of nitrogens with zero attached hydrogens (tertiary/aromatic N) is 1. The Morgan fingerprint density at radius 2 is 2.00 bits per heavy atom. The number of hydrogen-bond donors (Lipinski definition) is 0. The Balaban J connectivity index is 2.21. The van der Waals surface area contributed by atoms with Crippen LogP contribution in [0.25, 0.3) is 0 Å². The third-order valence-corrected chi connectivity index (χ3v) is 3.52. The first-order valence-corrected chi connectivity index (χ1v) is 7.12. The highest BCUT2D eigenvalue weighted by atomic mass is 79.9. The maximum atomic E-state index is 13.2. The van der Waals surface area contributed by atoms with Gasteiger partial charge in [0.2, 0.25) is 0 Å². The van der Waals surface area contributed by atoms with Gasteiger partial charge in [0.25, 0.3) is 0 Å². The average molecular weight is 355 g/mol. The number of rotatable bonds is 4. The van der Waals surface area contributed by atoms with Crippen molar-refractivity contribution in [2.24, 2.45) is 0 Å². The van der Waals surface area contributed by atoms with Gasteiger partial charge in [-0.2, -0.15) is 5.26 Å². The molecule has 0 radical (unpaired) electrons. The van der Waals surface area contributed by atoms with E-state index in [0.717, 1.165) is 10.0 Å². The van der Waals surface area contributed by atoms with Gasteiger partial charge in [-0.05, 0) is 36.4 Å². The van der Waals surface area contributed by atoms with Gasteiger partial charge in [0.05, 0.1) is 17.5 Å². The van der Waals surface area contributed by atoms with Crippen LogP contribution in [-0.4, -0.2) is 0 Å². The molecule has 0 heterocycles. The highest BCUT2D eigenvalue weighted by Crippen LogP contribution is 2.26. The van der Waals surface area contributed by atoms with Crippen molar-refractivity contribution in [3.05, 3.63) is 63.4 Å². The van der Waals surface area contributed by atoms with Gasteiger partial charge in [-0.3, -0.25) is 0 Å². The Morgan fingerprint density at radius 3 is 2.70 bits per heavy atom. The van der Waals surface area contributed by atoms with Gasteiger partial charge in [0.15, 0.2) is 0 Å². The molecule has 0 spiro atoms. The van der Waals surface area contributed by atoms with Gasteiger partial charge in [0, 0.05) is 15.6 Å². The number of benzene rings is 2. The maximum absolute atomic E-state index is 13.2. The van der Waals surface area contributed by atoms with Gasteiger partial charge in [-0.15, -0.1) is 11.6 Å². The lowest BCUT2D eigenvalue weighted by atomic mass is 10.1.